The van der Waals surface area contributed by atoms with Crippen molar-refractivity contribution in [2.75, 3.05) is 20.8 Å². The van der Waals surface area contributed by atoms with Crippen LogP contribution in [0, 0.1) is 6.92 Å². The van der Waals surface area contributed by atoms with Crippen molar-refractivity contribution in [3.63, 3.8) is 0 Å². The standard InChI is InChI=1S/C26H30N2O5S/c1-19-10-15-24(33-4)25(16-19)34(30,31)28(17-21-8-6-5-7-9-21)18-26(29)27-20(2)22-11-13-23(32-3)14-12-22/h5-16,20H,17-18H2,1-4H3,(H,27,29)/t20-/m1/s1. The molecule has 1 atom stereocenters. The minimum absolute atomic E-state index is 0.0296. The lowest BCUT2D eigenvalue weighted by Gasteiger charge is -2.24. The monoisotopic (exact) mass is 482 g/mol. The summed E-state index contributed by atoms with van der Waals surface area (Å²) in [7, 11) is -1.02. The summed E-state index contributed by atoms with van der Waals surface area (Å²) in [6, 6.07) is 21.2. The molecule has 3 aromatic carbocycles. The lowest BCUT2D eigenvalue weighted by Crippen LogP contribution is -2.41. The van der Waals surface area contributed by atoms with E-state index in [1.54, 1.807) is 25.3 Å². The van der Waals surface area contributed by atoms with Crippen LogP contribution in [0.3, 0.4) is 0 Å². The van der Waals surface area contributed by atoms with Gasteiger partial charge in [-0.25, -0.2) is 8.42 Å². The average molecular weight is 483 g/mol. The first-order valence-electron chi connectivity index (χ1n) is 10.9. The normalized spacial score (nSPS) is 12.3. The summed E-state index contributed by atoms with van der Waals surface area (Å²) in [6.07, 6.45) is 0. The Balaban J connectivity index is 1.87. The van der Waals surface area contributed by atoms with Crippen LogP contribution >= 0.6 is 0 Å². The van der Waals surface area contributed by atoms with Crippen LogP contribution in [-0.4, -0.2) is 39.4 Å². The predicted octanol–water partition coefficient (Wildman–Crippen LogP) is 4.08. The average Bonchev–Trinajstić information content (AvgIpc) is 2.84. The molecule has 0 saturated heterocycles. The Labute approximate surface area is 201 Å². The van der Waals surface area contributed by atoms with Gasteiger partial charge in [0.25, 0.3) is 0 Å². The van der Waals surface area contributed by atoms with E-state index in [9.17, 15) is 13.2 Å². The largest absolute Gasteiger partial charge is 0.497 e. The van der Waals surface area contributed by atoms with Gasteiger partial charge in [-0.3, -0.25) is 4.79 Å². The van der Waals surface area contributed by atoms with Gasteiger partial charge in [-0.05, 0) is 54.8 Å². The molecule has 7 nitrogen and oxygen atoms in total. The second-order valence-corrected chi connectivity index (χ2v) is 9.88. The maximum atomic E-state index is 13.7. The Kier molecular flexibility index (Phi) is 8.31. The fourth-order valence-corrected chi connectivity index (χ4v) is 5.19. The molecule has 0 spiro atoms. The lowest BCUT2D eigenvalue weighted by molar-refractivity contribution is -0.122. The van der Waals surface area contributed by atoms with Crippen molar-refractivity contribution in [2.45, 2.75) is 31.3 Å². The molecule has 3 rings (SSSR count). The molecule has 0 bridgehead atoms. The van der Waals surface area contributed by atoms with Crippen LogP contribution in [-0.2, 0) is 21.4 Å². The van der Waals surface area contributed by atoms with Crippen molar-refractivity contribution in [1.29, 1.82) is 0 Å². The van der Waals surface area contributed by atoms with Crippen molar-refractivity contribution in [3.05, 3.63) is 89.5 Å². The number of hydrogen-bond acceptors (Lipinski definition) is 5. The zero-order chi connectivity index (χ0) is 24.7. The Hall–Kier alpha value is -3.36. The number of methoxy groups -OCH3 is 2. The highest BCUT2D eigenvalue weighted by molar-refractivity contribution is 7.89. The molecule has 0 unspecified atom stereocenters. The zero-order valence-corrected chi connectivity index (χ0v) is 20.6. The van der Waals surface area contributed by atoms with Crippen LogP contribution in [0.1, 0.15) is 29.7 Å². The molecular formula is C26H30N2O5S. The molecule has 180 valence electrons. The number of amides is 1. The van der Waals surface area contributed by atoms with Crippen molar-refractivity contribution in [1.82, 2.24) is 9.62 Å². The molecule has 0 radical (unpaired) electrons. The van der Waals surface area contributed by atoms with Gasteiger partial charge in [0.2, 0.25) is 15.9 Å². The molecule has 34 heavy (non-hydrogen) atoms. The summed E-state index contributed by atoms with van der Waals surface area (Å²) in [5.74, 6) is 0.541. The van der Waals surface area contributed by atoms with E-state index in [4.69, 9.17) is 9.47 Å². The van der Waals surface area contributed by atoms with Gasteiger partial charge in [-0.15, -0.1) is 0 Å². The number of nitrogens with one attached hydrogen (secondary N) is 1. The number of benzene rings is 3. The Bertz CT molecular complexity index is 1210. The van der Waals surface area contributed by atoms with E-state index >= 15 is 0 Å². The Morgan fingerprint density at radius 1 is 0.971 bits per heavy atom. The van der Waals surface area contributed by atoms with Gasteiger partial charge in [-0.2, -0.15) is 4.31 Å². The van der Waals surface area contributed by atoms with Crippen LogP contribution in [0.4, 0.5) is 0 Å². The number of nitrogens with zero attached hydrogens (tertiary/aromatic N) is 1. The van der Waals surface area contributed by atoms with Gasteiger partial charge in [0.05, 0.1) is 26.8 Å². The number of carbonyl (C=O) groups is 1. The van der Waals surface area contributed by atoms with Crippen LogP contribution in [0.5, 0.6) is 11.5 Å². The van der Waals surface area contributed by atoms with E-state index in [2.05, 4.69) is 5.32 Å². The topological polar surface area (TPSA) is 84.9 Å². The summed E-state index contributed by atoms with van der Waals surface area (Å²) in [4.78, 5) is 13.0. The van der Waals surface area contributed by atoms with Crippen molar-refractivity contribution in [3.8, 4) is 11.5 Å². The molecule has 0 saturated carbocycles. The van der Waals surface area contributed by atoms with E-state index in [1.165, 1.54) is 11.4 Å². The highest BCUT2D eigenvalue weighted by Gasteiger charge is 2.30. The van der Waals surface area contributed by atoms with E-state index < -0.39 is 15.9 Å². The van der Waals surface area contributed by atoms with E-state index in [0.29, 0.717) is 0 Å². The van der Waals surface area contributed by atoms with E-state index in [-0.39, 0.29) is 29.8 Å². The van der Waals surface area contributed by atoms with E-state index in [1.807, 2.05) is 68.4 Å². The van der Waals surface area contributed by atoms with Crippen molar-refractivity contribution in [2.24, 2.45) is 0 Å². The summed E-state index contributed by atoms with van der Waals surface area (Å²) < 4.78 is 39.0. The molecule has 1 amide bonds. The third kappa shape index (κ3) is 6.15. The number of carbonyl (C=O) groups excluding carboxylic acids is 1. The van der Waals surface area contributed by atoms with Crippen molar-refractivity contribution >= 4 is 15.9 Å². The SMILES string of the molecule is COc1ccc([C@@H](C)NC(=O)CN(Cc2ccccc2)S(=O)(=O)c2cc(C)ccc2OC)cc1. The summed E-state index contributed by atoms with van der Waals surface area (Å²) in [6.45, 7) is 3.36. The molecule has 0 aliphatic heterocycles. The van der Waals surface area contributed by atoms with Gasteiger partial charge in [0, 0.05) is 6.54 Å². The quantitative estimate of drug-likeness (QED) is 0.471. The number of sulfonamides is 1. The summed E-state index contributed by atoms with van der Waals surface area (Å²) in [5.41, 5.74) is 2.43. The second kappa shape index (κ2) is 11.2. The number of hydrogen-bond donors (Lipinski definition) is 1. The Morgan fingerprint density at radius 2 is 1.65 bits per heavy atom. The first kappa shape index (κ1) is 25.3. The maximum Gasteiger partial charge on any atom is 0.247 e. The predicted molar refractivity (Wildman–Crippen MR) is 131 cm³/mol. The second-order valence-electron chi connectivity index (χ2n) is 7.98. The number of aryl methyl sites for hydroxylation is 1. The lowest BCUT2D eigenvalue weighted by atomic mass is 10.1. The highest BCUT2D eigenvalue weighted by Crippen LogP contribution is 2.29. The fourth-order valence-electron chi connectivity index (χ4n) is 3.56. The first-order chi connectivity index (χ1) is 16.2. The van der Waals surface area contributed by atoms with Gasteiger partial charge < -0.3 is 14.8 Å². The third-order valence-corrected chi connectivity index (χ3v) is 7.26. The van der Waals surface area contributed by atoms with Crippen LogP contribution in [0.2, 0.25) is 0 Å². The first-order valence-corrected chi connectivity index (χ1v) is 12.3. The molecule has 1 N–H and O–H groups in total. The molecule has 0 aliphatic carbocycles. The number of rotatable bonds is 10. The number of ether oxygens (including phenoxy) is 2. The molecule has 3 aromatic rings. The highest BCUT2D eigenvalue weighted by atomic mass is 32.2. The minimum Gasteiger partial charge on any atom is -0.497 e. The van der Waals surface area contributed by atoms with Crippen LogP contribution in [0.25, 0.3) is 0 Å². The van der Waals surface area contributed by atoms with Crippen molar-refractivity contribution < 1.29 is 22.7 Å². The van der Waals surface area contributed by atoms with Crippen LogP contribution in [0.15, 0.2) is 77.7 Å². The summed E-state index contributed by atoms with van der Waals surface area (Å²) in [5, 5.41) is 2.90. The van der Waals surface area contributed by atoms with Crippen LogP contribution < -0.4 is 14.8 Å². The van der Waals surface area contributed by atoms with Gasteiger partial charge >= 0.3 is 0 Å². The molecule has 0 fully saturated rings. The molecule has 8 heteroatoms. The van der Waals surface area contributed by atoms with Gasteiger partial charge in [0.1, 0.15) is 16.4 Å². The van der Waals surface area contributed by atoms with E-state index in [0.717, 1.165) is 22.4 Å². The zero-order valence-electron chi connectivity index (χ0n) is 19.8. The molecule has 0 aromatic heterocycles. The van der Waals surface area contributed by atoms with Gasteiger partial charge in [0.15, 0.2) is 0 Å². The molecular weight excluding hydrogens is 452 g/mol. The molecule has 0 heterocycles. The Morgan fingerprint density at radius 3 is 2.26 bits per heavy atom. The smallest absolute Gasteiger partial charge is 0.247 e. The maximum absolute atomic E-state index is 13.7. The fraction of sp³-hybridized carbons (Fsp3) is 0.269. The molecule has 0 aliphatic rings. The van der Waals surface area contributed by atoms with Gasteiger partial charge in [-0.1, -0.05) is 48.5 Å². The summed E-state index contributed by atoms with van der Waals surface area (Å²) >= 11 is 0. The minimum atomic E-state index is -4.04. The third-order valence-electron chi connectivity index (χ3n) is 5.45.